The van der Waals surface area contributed by atoms with Gasteiger partial charge in [0, 0.05) is 17.8 Å². The number of benzene rings is 1. The molecule has 106 valence electrons. The second-order valence-corrected chi connectivity index (χ2v) is 5.34. The largest absolute Gasteiger partial charge is 0.369 e. The van der Waals surface area contributed by atoms with E-state index in [2.05, 4.69) is 27.4 Å². The summed E-state index contributed by atoms with van der Waals surface area (Å²) in [6, 6.07) is 9.93. The average molecular weight is 278 g/mol. The van der Waals surface area contributed by atoms with Crippen LogP contribution in [0.5, 0.6) is 0 Å². The maximum absolute atomic E-state index is 8.92. The first kappa shape index (κ1) is 13.6. The molecule has 1 aromatic carbocycles. The van der Waals surface area contributed by atoms with Gasteiger partial charge in [-0.1, -0.05) is 12.1 Å². The molecule has 0 atom stereocenters. The summed E-state index contributed by atoms with van der Waals surface area (Å²) in [5, 5.41) is 12.3. The highest BCUT2D eigenvalue weighted by Crippen LogP contribution is 2.24. The standard InChI is InChI=1S/C17H18N4/c18-11-14-5-3-4-13(10-14)8-9-19-17-15-6-1-2-7-16(15)20-12-21-17/h3-5,10,12H,1-2,6-9H2,(H,19,20,21). The van der Waals surface area contributed by atoms with Crippen LogP contribution in [0.4, 0.5) is 5.82 Å². The third kappa shape index (κ3) is 3.19. The number of nitriles is 1. The summed E-state index contributed by atoms with van der Waals surface area (Å²) in [6.45, 7) is 0.818. The number of hydrogen-bond donors (Lipinski definition) is 1. The Bertz CT molecular complexity index is 673. The minimum atomic E-state index is 0.715. The highest BCUT2D eigenvalue weighted by Gasteiger charge is 2.14. The Labute approximate surface area is 124 Å². The molecule has 0 spiro atoms. The molecule has 1 N–H and O–H groups in total. The van der Waals surface area contributed by atoms with Gasteiger partial charge in [-0.2, -0.15) is 5.26 Å². The van der Waals surface area contributed by atoms with Gasteiger partial charge in [-0.15, -0.1) is 0 Å². The Hall–Kier alpha value is -2.41. The first-order valence-electron chi connectivity index (χ1n) is 7.42. The van der Waals surface area contributed by atoms with Gasteiger partial charge in [0.15, 0.2) is 0 Å². The Morgan fingerprint density at radius 3 is 3.00 bits per heavy atom. The second kappa shape index (κ2) is 6.36. The molecule has 0 amide bonds. The van der Waals surface area contributed by atoms with Crippen LogP contribution >= 0.6 is 0 Å². The minimum Gasteiger partial charge on any atom is -0.369 e. The van der Waals surface area contributed by atoms with Gasteiger partial charge < -0.3 is 5.32 Å². The van der Waals surface area contributed by atoms with Crippen LogP contribution in [0.1, 0.15) is 35.2 Å². The normalized spacial score (nSPS) is 13.3. The Morgan fingerprint density at radius 2 is 2.10 bits per heavy atom. The van der Waals surface area contributed by atoms with Gasteiger partial charge >= 0.3 is 0 Å². The zero-order valence-corrected chi connectivity index (χ0v) is 12.0. The van der Waals surface area contributed by atoms with Crippen LogP contribution in [0.2, 0.25) is 0 Å². The molecule has 0 aliphatic heterocycles. The number of aryl methyl sites for hydroxylation is 1. The van der Waals surface area contributed by atoms with E-state index in [9.17, 15) is 0 Å². The summed E-state index contributed by atoms with van der Waals surface area (Å²) >= 11 is 0. The van der Waals surface area contributed by atoms with Gasteiger partial charge in [-0.05, 0) is 49.8 Å². The fraction of sp³-hybridized carbons (Fsp3) is 0.353. The van der Waals surface area contributed by atoms with E-state index < -0.39 is 0 Å². The van der Waals surface area contributed by atoms with E-state index in [-0.39, 0.29) is 0 Å². The van der Waals surface area contributed by atoms with Gasteiger partial charge in [-0.25, -0.2) is 9.97 Å². The lowest BCUT2D eigenvalue weighted by molar-refractivity contribution is 0.663. The zero-order chi connectivity index (χ0) is 14.5. The first-order chi connectivity index (χ1) is 10.4. The third-order valence-electron chi connectivity index (χ3n) is 3.89. The highest BCUT2D eigenvalue weighted by molar-refractivity contribution is 5.47. The molecule has 4 heteroatoms. The number of aromatic nitrogens is 2. The smallest absolute Gasteiger partial charge is 0.132 e. The van der Waals surface area contributed by atoms with Crippen LogP contribution in [0, 0.1) is 11.3 Å². The summed E-state index contributed by atoms with van der Waals surface area (Å²) in [4.78, 5) is 8.76. The average Bonchev–Trinajstić information content (AvgIpc) is 2.55. The molecule has 1 aliphatic rings. The van der Waals surface area contributed by atoms with Gasteiger partial charge in [0.05, 0.1) is 11.6 Å². The SMILES string of the molecule is N#Cc1cccc(CCNc2ncnc3c2CCCC3)c1. The third-order valence-corrected chi connectivity index (χ3v) is 3.89. The van der Waals surface area contributed by atoms with Crippen molar-refractivity contribution >= 4 is 5.82 Å². The number of hydrogen-bond acceptors (Lipinski definition) is 4. The predicted octanol–water partition coefficient (Wildman–Crippen LogP) is 2.88. The van der Waals surface area contributed by atoms with Crippen molar-refractivity contribution in [2.24, 2.45) is 0 Å². The van der Waals surface area contributed by atoms with Crippen molar-refractivity contribution in [3.8, 4) is 6.07 Å². The summed E-state index contributed by atoms with van der Waals surface area (Å²) in [6.07, 6.45) is 7.12. The van der Waals surface area contributed by atoms with Crippen molar-refractivity contribution in [2.75, 3.05) is 11.9 Å². The molecule has 1 aliphatic carbocycles. The molecular weight excluding hydrogens is 260 g/mol. The summed E-state index contributed by atoms with van der Waals surface area (Å²) in [5.74, 6) is 0.983. The van der Waals surface area contributed by atoms with Crippen LogP contribution < -0.4 is 5.32 Å². The van der Waals surface area contributed by atoms with E-state index in [1.165, 1.54) is 29.7 Å². The van der Waals surface area contributed by atoms with Crippen molar-refractivity contribution in [2.45, 2.75) is 32.1 Å². The molecule has 3 rings (SSSR count). The molecule has 1 aromatic heterocycles. The predicted molar refractivity (Wildman–Crippen MR) is 82.0 cm³/mol. The molecule has 2 aromatic rings. The Balaban J connectivity index is 1.64. The maximum Gasteiger partial charge on any atom is 0.132 e. The highest BCUT2D eigenvalue weighted by atomic mass is 15.0. The van der Waals surface area contributed by atoms with Gasteiger partial charge in [0.1, 0.15) is 12.1 Å². The lowest BCUT2D eigenvalue weighted by Gasteiger charge is -2.18. The van der Waals surface area contributed by atoms with E-state index >= 15 is 0 Å². The number of rotatable bonds is 4. The molecule has 0 bridgehead atoms. The van der Waals surface area contributed by atoms with E-state index in [1.54, 1.807) is 6.33 Å². The molecule has 4 nitrogen and oxygen atoms in total. The topological polar surface area (TPSA) is 61.6 Å². The van der Waals surface area contributed by atoms with Crippen LogP contribution in [0.3, 0.4) is 0 Å². The molecule has 21 heavy (non-hydrogen) atoms. The van der Waals surface area contributed by atoms with Gasteiger partial charge in [0.2, 0.25) is 0 Å². The van der Waals surface area contributed by atoms with Gasteiger partial charge in [0.25, 0.3) is 0 Å². The van der Waals surface area contributed by atoms with Crippen LogP contribution in [0.25, 0.3) is 0 Å². The molecule has 0 saturated carbocycles. The monoisotopic (exact) mass is 278 g/mol. The van der Waals surface area contributed by atoms with E-state index in [1.807, 2.05) is 18.2 Å². The molecule has 0 fully saturated rings. The lowest BCUT2D eigenvalue weighted by Crippen LogP contribution is -2.13. The van der Waals surface area contributed by atoms with Crippen LogP contribution in [-0.2, 0) is 19.3 Å². The van der Waals surface area contributed by atoms with Crippen LogP contribution in [0.15, 0.2) is 30.6 Å². The lowest BCUT2D eigenvalue weighted by atomic mass is 9.96. The first-order valence-corrected chi connectivity index (χ1v) is 7.42. The number of anilines is 1. The number of nitrogens with one attached hydrogen (secondary N) is 1. The van der Waals surface area contributed by atoms with Crippen molar-refractivity contribution in [3.05, 3.63) is 53.0 Å². The fourth-order valence-corrected chi connectivity index (χ4v) is 2.80. The van der Waals surface area contributed by atoms with E-state index in [4.69, 9.17) is 5.26 Å². The van der Waals surface area contributed by atoms with Crippen LogP contribution in [-0.4, -0.2) is 16.5 Å². The Morgan fingerprint density at radius 1 is 1.19 bits per heavy atom. The molecule has 1 heterocycles. The summed E-state index contributed by atoms with van der Waals surface area (Å²) < 4.78 is 0. The Kier molecular flexibility index (Phi) is 4.11. The summed E-state index contributed by atoms with van der Waals surface area (Å²) in [7, 11) is 0. The van der Waals surface area contributed by atoms with Gasteiger partial charge in [-0.3, -0.25) is 0 Å². The van der Waals surface area contributed by atoms with E-state index in [0.29, 0.717) is 5.56 Å². The molecule has 0 saturated heterocycles. The van der Waals surface area contributed by atoms with Crippen molar-refractivity contribution < 1.29 is 0 Å². The quantitative estimate of drug-likeness (QED) is 0.934. The minimum absolute atomic E-state index is 0.715. The maximum atomic E-state index is 8.92. The fourth-order valence-electron chi connectivity index (χ4n) is 2.80. The molecular formula is C17H18N4. The van der Waals surface area contributed by atoms with Crippen molar-refractivity contribution in [3.63, 3.8) is 0 Å². The zero-order valence-electron chi connectivity index (χ0n) is 12.0. The molecule has 0 unspecified atom stereocenters. The van der Waals surface area contributed by atoms with Crippen molar-refractivity contribution in [1.29, 1.82) is 5.26 Å². The number of nitrogens with zero attached hydrogens (tertiary/aromatic N) is 3. The van der Waals surface area contributed by atoms with E-state index in [0.717, 1.165) is 31.6 Å². The van der Waals surface area contributed by atoms with Crippen molar-refractivity contribution in [1.82, 2.24) is 9.97 Å². The second-order valence-electron chi connectivity index (χ2n) is 5.34. The number of fused-ring (bicyclic) bond motifs is 1. The summed E-state index contributed by atoms with van der Waals surface area (Å²) in [5.41, 5.74) is 4.37. The molecule has 0 radical (unpaired) electrons.